The van der Waals surface area contributed by atoms with Crippen molar-refractivity contribution in [3.05, 3.63) is 11.1 Å². The Kier molecular flexibility index (Phi) is 7.44. The zero-order valence-corrected chi connectivity index (χ0v) is 9.21. The van der Waals surface area contributed by atoms with Crippen molar-refractivity contribution in [2.24, 2.45) is 0 Å². The van der Waals surface area contributed by atoms with E-state index in [0.717, 1.165) is 0 Å². The number of carboxylic acids is 1. The molecule has 15 heavy (non-hydrogen) atoms. The number of rotatable bonds is 6. The SMILES string of the molecule is CCNC(=O)OCCCC=C(Cl)C(=O)O. The highest BCUT2D eigenvalue weighted by molar-refractivity contribution is 6.40. The lowest BCUT2D eigenvalue weighted by Gasteiger charge is -2.03. The summed E-state index contributed by atoms with van der Waals surface area (Å²) in [7, 11) is 0. The van der Waals surface area contributed by atoms with Gasteiger partial charge in [0, 0.05) is 6.54 Å². The first kappa shape index (κ1) is 13.8. The van der Waals surface area contributed by atoms with Gasteiger partial charge in [-0.05, 0) is 19.8 Å². The second kappa shape index (κ2) is 8.11. The fourth-order valence-corrected chi connectivity index (χ4v) is 0.869. The first-order valence-electron chi connectivity index (χ1n) is 4.57. The maximum absolute atomic E-state index is 10.8. The minimum Gasteiger partial charge on any atom is -0.477 e. The van der Waals surface area contributed by atoms with E-state index in [1.807, 2.05) is 0 Å². The molecule has 0 bridgehead atoms. The molecule has 0 aromatic carbocycles. The van der Waals surface area contributed by atoms with Crippen LogP contribution in [0, 0.1) is 0 Å². The lowest BCUT2D eigenvalue weighted by Crippen LogP contribution is -2.23. The van der Waals surface area contributed by atoms with Crippen molar-refractivity contribution in [2.45, 2.75) is 19.8 Å². The summed E-state index contributed by atoms with van der Waals surface area (Å²) in [6.45, 7) is 2.55. The number of amides is 1. The third-order valence-corrected chi connectivity index (χ3v) is 1.75. The molecule has 86 valence electrons. The van der Waals surface area contributed by atoms with E-state index < -0.39 is 12.1 Å². The molecule has 2 N–H and O–H groups in total. The summed E-state index contributed by atoms with van der Waals surface area (Å²) in [5.74, 6) is -1.15. The van der Waals surface area contributed by atoms with E-state index in [0.29, 0.717) is 19.4 Å². The third kappa shape index (κ3) is 7.81. The van der Waals surface area contributed by atoms with E-state index in [2.05, 4.69) is 5.32 Å². The van der Waals surface area contributed by atoms with E-state index >= 15 is 0 Å². The summed E-state index contributed by atoms with van der Waals surface area (Å²) in [6, 6.07) is 0. The molecule has 0 radical (unpaired) electrons. The van der Waals surface area contributed by atoms with Crippen molar-refractivity contribution >= 4 is 23.7 Å². The largest absolute Gasteiger partial charge is 0.477 e. The van der Waals surface area contributed by atoms with Crippen LogP contribution in [0.15, 0.2) is 11.1 Å². The Labute approximate surface area is 93.1 Å². The second-order valence-electron chi connectivity index (χ2n) is 2.67. The first-order valence-corrected chi connectivity index (χ1v) is 4.95. The highest BCUT2D eigenvalue weighted by Gasteiger charge is 2.01. The van der Waals surface area contributed by atoms with Gasteiger partial charge in [-0.25, -0.2) is 9.59 Å². The minimum absolute atomic E-state index is 0.215. The van der Waals surface area contributed by atoms with Crippen molar-refractivity contribution in [3.8, 4) is 0 Å². The van der Waals surface area contributed by atoms with Gasteiger partial charge < -0.3 is 15.2 Å². The lowest BCUT2D eigenvalue weighted by molar-refractivity contribution is -0.131. The van der Waals surface area contributed by atoms with E-state index in [-0.39, 0.29) is 11.6 Å². The molecule has 0 aromatic rings. The minimum atomic E-state index is -1.15. The smallest absolute Gasteiger partial charge is 0.407 e. The monoisotopic (exact) mass is 235 g/mol. The number of carbonyl (C=O) groups is 2. The number of allylic oxidation sites excluding steroid dienone is 1. The molecule has 0 unspecified atom stereocenters. The Hall–Kier alpha value is -1.23. The Morgan fingerprint density at radius 2 is 2.20 bits per heavy atom. The molecular weight excluding hydrogens is 222 g/mol. The standard InChI is InChI=1S/C9H14ClNO4/c1-2-11-9(14)15-6-4-3-5-7(10)8(12)13/h5H,2-4,6H2,1H3,(H,11,14)(H,12,13). The molecule has 0 saturated heterocycles. The molecule has 0 atom stereocenters. The van der Waals surface area contributed by atoms with Gasteiger partial charge in [-0.2, -0.15) is 0 Å². The Morgan fingerprint density at radius 3 is 2.73 bits per heavy atom. The average molecular weight is 236 g/mol. The van der Waals surface area contributed by atoms with Crippen LogP contribution in [-0.2, 0) is 9.53 Å². The molecule has 0 heterocycles. The molecule has 5 nitrogen and oxygen atoms in total. The predicted molar refractivity (Wildman–Crippen MR) is 55.8 cm³/mol. The first-order chi connectivity index (χ1) is 7.07. The average Bonchev–Trinajstić information content (AvgIpc) is 2.17. The summed E-state index contributed by atoms with van der Waals surface area (Å²) in [5, 5.41) is 10.7. The van der Waals surface area contributed by atoms with Crippen LogP contribution in [0.1, 0.15) is 19.8 Å². The fourth-order valence-electron chi connectivity index (χ4n) is 0.760. The van der Waals surface area contributed by atoms with Gasteiger partial charge in [0.25, 0.3) is 0 Å². The van der Waals surface area contributed by atoms with Gasteiger partial charge >= 0.3 is 12.1 Å². The number of unbranched alkanes of at least 4 members (excludes halogenated alkanes) is 1. The quantitative estimate of drug-likeness (QED) is 0.543. The van der Waals surface area contributed by atoms with Crippen LogP contribution in [0.3, 0.4) is 0 Å². The van der Waals surface area contributed by atoms with Crippen LogP contribution in [-0.4, -0.2) is 30.3 Å². The lowest BCUT2D eigenvalue weighted by atomic mass is 10.3. The van der Waals surface area contributed by atoms with Gasteiger partial charge in [0.15, 0.2) is 0 Å². The number of carboxylic acid groups (broad SMARTS) is 1. The van der Waals surface area contributed by atoms with Crippen LogP contribution in [0.2, 0.25) is 0 Å². The highest BCUT2D eigenvalue weighted by atomic mass is 35.5. The Balaban J connectivity index is 3.51. The number of alkyl carbamates (subject to hydrolysis) is 1. The number of hydrogen-bond acceptors (Lipinski definition) is 3. The number of carbonyl (C=O) groups excluding carboxylic acids is 1. The van der Waals surface area contributed by atoms with Gasteiger partial charge in [0.2, 0.25) is 0 Å². The molecule has 0 rings (SSSR count). The second-order valence-corrected chi connectivity index (χ2v) is 3.07. The number of hydrogen-bond donors (Lipinski definition) is 2. The van der Waals surface area contributed by atoms with Gasteiger partial charge in [-0.3, -0.25) is 0 Å². The molecular formula is C9H14ClNO4. The van der Waals surface area contributed by atoms with Gasteiger partial charge in [-0.1, -0.05) is 17.7 Å². The zero-order valence-electron chi connectivity index (χ0n) is 8.46. The molecule has 0 fully saturated rings. The van der Waals surface area contributed by atoms with E-state index in [9.17, 15) is 9.59 Å². The number of ether oxygens (including phenoxy) is 1. The van der Waals surface area contributed by atoms with Gasteiger partial charge in [-0.15, -0.1) is 0 Å². The molecule has 1 amide bonds. The van der Waals surface area contributed by atoms with Crippen LogP contribution in [0.4, 0.5) is 4.79 Å². The van der Waals surface area contributed by atoms with Crippen molar-refractivity contribution in [1.82, 2.24) is 5.32 Å². The number of halogens is 1. The maximum Gasteiger partial charge on any atom is 0.407 e. The van der Waals surface area contributed by atoms with Crippen LogP contribution >= 0.6 is 11.6 Å². The van der Waals surface area contributed by atoms with Gasteiger partial charge in [0.1, 0.15) is 5.03 Å². The highest BCUT2D eigenvalue weighted by Crippen LogP contribution is 2.04. The van der Waals surface area contributed by atoms with E-state index in [1.54, 1.807) is 6.92 Å². The molecule has 0 aliphatic rings. The van der Waals surface area contributed by atoms with E-state index in [4.69, 9.17) is 21.4 Å². The van der Waals surface area contributed by atoms with Gasteiger partial charge in [0.05, 0.1) is 6.61 Å². The molecule has 0 spiro atoms. The topological polar surface area (TPSA) is 75.6 Å². The van der Waals surface area contributed by atoms with Crippen LogP contribution in [0.25, 0.3) is 0 Å². The zero-order chi connectivity index (χ0) is 11.7. The molecule has 6 heteroatoms. The Bertz CT molecular complexity index is 252. The third-order valence-electron chi connectivity index (χ3n) is 1.43. The summed E-state index contributed by atoms with van der Waals surface area (Å²) in [6.07, 6.45) is 1.92. The summed E-state index contributed by atoms with van der Waals surface area (Å²) in [5.41, 5.74) is 0. The van der Waals surface area contributed by atoms with Crippen molar-refractivity contribution < 1.29 is 19.4 Å². The van der Waals surface area contributed by atoms with Crippen LogP contribution < -0.4 is 5.32 Å². The van der Waals surface area contributed by atoms with Crippen molar-refractivity contribution in [2.75, 3.05) is 13.2 Å². The van der Waals surface area contributed by atoms with Crippen LogP contribution in [0.5, 0.6) is 0 Å². The fraction of sp³-hybridized carbons (Fsp3) is 0.556. The Morgan fingerprint density at radius 1 is 1.53 bits per heavy atom. The molecule has 0 aliphatic carbocycles. The summed E-state index contributed by atoms with van der Waals surface area (Å²) < 4.78 is 4.75. The molecule has 0 aliphatic heterocycles. The number of nitrogens with one attached hydrogen (secondary N) is 1. The van der Waals surface area contributed by atoms with Crippen molar-refractivity contribution in [1.29, 1.82) is 0 Å². The number of aliphatic carboxylic acids is 1. The predicted octanol–water partition coefficient (Wildman–Crippen LogP) is 1.72. The summed E-state index contributed by atoms with van der Waals surface area (Å²) in [4.78, 5) is 21.0. The molecule has 0 saturated carbocycles. The normalized spacial score (nSPS) is 10.9. The summed E-state index contributed by atoms with van der Waals surface area (Å²) >= 11 is 5.35. The molecule has 0 aromatic heterocycles. The van der Waals surface area contributed by atoms with E-state index in [1.165, 1.54) is 6.08 Å². The maximum atomic E-state index is 10.8. The van der Waals surface area contributed by atoms with Crippen molar-refractivity contribution in [3.63, 3.8) is 0 Å².